The molecule has 0 saturated carbocycles. The maximum absolute atomic E-state index is 11.2. The van der Waals surface area contributed by atoms with E-state index in [1.165, 1.54) is 6.07 Å². The largest absolute Gasteiger partial charge is 0.381 e. The Morgan fingerprint density at radius 1 is 1.44 bits per heavy atom. The van der Waals surface area contributed by atoms with Crippen molar-refractivity contribution in [1.82, 2.24) is 0 Å². The van der Waals surface area contributed by atoms with Crippen molar-refractivity contribution in [1.29, 1.82) is 0 Å². The van der Waals surface area contributed by atoms with Crippen LogP contribution in [0.4, 0.5) is 5.69 Å². The van der Waals surface area contributed by atoms with Crippen molar-refractivity contribution >= 4 is 15.8 Å². The Labute approximate surface area is 103 Å². The van der Waals surface area contributed by atoms with E-state index < -0.39 is 15.0 Å². The van der Waals surface area contributed by atoms with Crippen LogP contribution in [-0.4, -0.2) is 31.1 Å². The average Bonchev–Trinajstić information content (AvgIpc) is 2.80. The van der Waals surface area contributed by atoms with Crippen LogP contribution < -0.4 is 0 Å². The van der Waals surface area contributed by atoms with Crippen LogP contribution in [0, 0.1) is 10.1 Å². The van der Waals surface area contributed by atoms with Gasteiger partial charge in [-0.3, -0.25) is 14.7 Å². The molecule has 18 heavy (non-hydrogen) atoms. The minimum Gasteiger partial charge on any atom is -0.381 e. The summed E-state index contributed by atoms with van der Waals surface area (Å²) >= 11 is 0. The summed E-state index contributed by atoms with van der Waals surface area (Å²) in [6.45, 7) is 0.766. The van der Waals surface area contributed by atoms with Gasteiger partial charge < -0.3 is 4.74 Å². The van der Waals surface area contributed by atoms with Gasteiger partial charge in [0.25, 0.3) is 15.8 Å². The van der Waals surface area contributed by atoms with Gasteiger partial charge in [0, 0.05) is 24.7 Å². The summed E-state index contributed by atoms with van der Waals surface area (Å²) in [4.78, 5) is 9.80. The van der Waals surface area contributed by atoms with Crippen LogP contribution in [0.1, 0.15) is 17.9 Å². The highest BCUT2D eigenvalue weighted by atomic mass is 32.2. The van der Waals surface area contributed by atoms with Gasteiger partial charge in [-0.1, -0.05) is 0 Å². The van der Waals surface area contributed by atoms with Gasteiger partial charge in [0.15, 0.2) is 0 Å². The predicted molar refractivity (Wildman–Crippen MR) is 61.1 cm³/mol. The molecule has 0 aliphatic carbocycles. The molecule has 0 spiro atoms. The lowest BCUT2D eigenvalue weighted by molar-refractivity contribution is -0.385. The van der Waals surface area contributed by atoms with Crippen molar-refractivity contribution in [2.45, 2.75) is 17.2 Å². The molecule has 1 N–H and O–H groups in total. The zero-order valence-corrected chi connectivity index (χ0v) is 10.1. The lowest BCUT2D eigenvalue weighted by Gasteiger charge is -2.11. The van der Waals surface area contributed by atoms with Gasteiger partial charge in [-0.2, -0.15) is 8.42 Å². The fraction of sp³-hybridized carbons (Fsp3) is 0.400. The van der Waals surface area contributed by atoms with Crippen LogP contribution in [0.25, 0.3) is 0 Å². The van der Waals surface area contributed by atoms with E-state index in [9.17, 15) is 18.5 Å². The molecule has 0 amide bonds. The maximum Gasteiger partial charge on any atom is 0.294 e. The Morgan fingerprint density at radius 2 is 2.17 bits per heavy atom. The molecule has 1 aliphatic heterocycles. The molecule has 1 saturated heterocycles. The Morgan fingerprint density at radius 3 is 2.67 bits per heavy atom. The molecular formula is C10H11NO6S. The fourth-order valence-electron chi connectivity index (χ4n) is 1.98. The van der Waals surface area contributed by atoms with E-state index in [4.69, 9.17) is 9.29 Å². The Kier molecular flexibility index (Phi) is 3.33. The van der Waals surface area contributed by atoms with E-state index in [0.29, 0.717) is 19.6 Å². The molecule has 0 bridgehead atoms. The highest BCUT2D eigenvalue weighted by Gasteiger charge is 2.27. The van der Waals surface area contributed by atoms with E-state index in [0.717, 1.165) is 12.1 Å². The molecule has 1 aliphatic rings. The van der Waals surface area contributed by atoms with Gasteiger partial charge in [0.1, 0.15) is 0 Å². The standard InChI is InChI=1S/C10H11NO6S/c12-11(13)8-1-2-10(18(14,15)16)9(5-8)7-3-4-17-6-7/h1-2,5,7H,3-4,6H2,(H,14,15,16). The first kappa shape index (κ1) is 12.9. The zero-order chi connectivity index (χ0) is 13.3. The van der Waals surface area contributed by atoms with E-state index in [1.807, 2.05) is 0 Å². The summed E-state index contributed by atoms with van der Waals surface area (Å²) in [5, 5.41) is 10.7. The van der Waals surface area contributed by atoms with Crippen molar-refractivity contribution in [3.8, 4) is 0 Å². The second-order valence-corrected chi connectivity index (χ2v) is 5.40. The van der Waals surface area contributed by atoms with Crippen LogP contribution in [0.3, 0.4) is 0 Å². The van der Waals surface area contributed by atoms with E-state index in [-0.39, 0.29) is 22.1 Å². The number of rotatable bonds is 3. The fourth-order valence-corrected chi connectivity index (χ4v) is 2.75. The van der Waals surface area contributed by atoms with Crippen molar-refractivity contribution in [3.63, 3.8) is 0 Å². The number of hydrogen-bond acceptors (Lipinski definition) is 5. The lowest BCUT2D eigenvalue weighted by Crippen LogP contribution is -2.08. The predicted octanol–water partition coefficient (Wildman–Crippen LogP) is 1.35. The van der Waals surface area contributed by atoms with Gasteiger partial charge in [0.05, 0.1) is 16.4 Å². The Hall–Kier alpha value is -1.51. The lowest BCUT2D eigenvalue weighted by atomic mass is 9.98. The summed E-state index contributed by atoms with van der Waals surface area (Å²) in [5.74, 6) is -0.248. The summed E-state index contributed by atoms with van der Waals surface area (Å²) in [5.41, 5.74) is 0.0356. The van der Waals surface area contributed by atoms with Crippen LogP contribution in [0.2, 0.25) is 0 Å². The molecule has 0 aromatic heterocycles. The molecule has 1 fully saturated rings. The monoisotopic (exact) mass is 273 g/mol. The molecule has 98 valence electrons. The number of benzene rings is 1. The summed E-state index contributed by atoms with van der Waals surface area (Å²) < 4.78 is 36.7. The van der Waals surface area contributed by atoms with Crippen LogP contribution in [0.15, 0.2) is 23.1 Å². The molecule has 1 unspecified atom stereocenters. The maximum atomic E-state index is 11.2. The second-order valence-electron chi connectivity index (χ2n) is 4.01. The normalized spacial score (nSPS) is 19.9. The van der Waals surface area contributed by atoms with Gasteiger partial charge in [-0.25, -0.2) is 0 Å². The number of ether oxygens (including phenoxy) is 1. The van der Waals surface area contributed by atoms with Crippen molar-refractivity contribution < 1.29 is 22.6 Å². The third kappa shape index (κ3) is 2.50. The van der Waals surface area contributed by atoms with Gasteiger partial charge in [-0.05, 0) is 18.1 Å². The van der Waals surface area contributed by atoms with Crippen molar-refractivity contribution in [2.24, 2.45) is 0 Å². The average molecular weight is 273 g/mol. The Bertz CT molecular complexity index is 576. The number of nitrogens with zero attached hydrogens (tertiary/aromatic N) is 1. The first-order valence-electron chi connectivity index (χ1n) is 5.23. The molecule has 1 aromatic rings. The van der Waals surface area contributed by atoms with Gasteiger partial charge >= 0.3 is 0 Å². The van der Waals surface area contributed by atoms with Crippen molar-refractivity contribution in [2.75, 3.05) is 13.2 Å². The van der Waals surface area contributed by atoms with Gasteiger partial charge in [0.2, 0.25) is 0 Å². The minimum absolute atomic E-state index is 0.204. The topological polar surface area (TPSA) is 107 Å². The quantitative estimate of drug-likeness (QED) is 0.506. The van der Waals surface area contributed by atoms with Crippen molar-refractivity contribution in [3.05, 3.63) is 33.9 Å². The SMILES string of the molecule is O=[N+]([O-])c1ccc(S(=O)(=O)O)c(C2CCOC2)c1. The molecule has 1 heterocycles. The molecule has 8 heteroatoms. The van der Waals surface area contributed by atoms with Crippen LogP contribution in [-0.2, 0) is 14.9 Å². The van der Waals surface area contributed by atoms with E-state index in [2.05, 4.69) is 0 Å². The first-order valence-corrected chi connectivity index (χ1v) is 6.67. The summed E-state index contributed by atoms with van der Waals surface area (Å²) in [6.07, 6.45) is 0.573. The smallest absolute Gasteiger partial charge is 0.294 e. The van der Waals surface area contributed by atoms with E-state index >= 15 is 0 Å². The Balaban J connectivity index is 2.56. The molecule has 2 rings (SSSR count). The zero-order valence-electron chi connectivity index (χ0n) is 9.27. The van der Waals surface area contributed by atoms with Gasteiger partial charge in [-0.15, -0.1) is 0 Å². The molecule has 0 radical (unpaired) electrons. The first-order chi connectivity index (χ1) is 8.39. The molecular weight excluding hydrogens is 262 g/mol. The highest BCUT2D eigenvalue weighted by Crippen LogP contribution is 2.32. The summed E-state index contributed by atoms with van der Waals surface area (Å²) in [6, 6.07) is 3.30. The number of non-ortho nitro benzene ring substituents is 1. The summed E-state index contributed by atoms with van der Waals surface area (Å²) in [7, 11) is -4.39. The van der Waals surface area contributed by atoms with Crippen LogP contribution in [0.5, 0.6) is 0 Å². The third-order valence-electron chi connectivity index (χ3n) is 2.85. The molecule has 7 nitrogen and oxygen atoms in total. The van der Waals surface area contributed by atoms with E-state index in [1.54, 1.807) is 0 Å². The molecule has 1 atom stereocenters. The highest BCUT2D eigenvalue weighted by molar-refractivity contribution is 7.85. The number of nitro benzene ring substituents is 1. The minimum atomic E-state index is -4.39. The van der Waals surface area contributed by atoms with Crippen LogP contribution >= 0.6 is 0 Å². The third-order valence-corrected chi connectivity index (χ3v) is 3.78. The number of nitro groups is 1. The second kappa shape index (κ2) is 4.63. The molecule has 1 aromatic carbocycles. The number of hydrogen-bond donors (Lipinski definition) is 1.